The summed E-state index contributed by atoms with van der Waals surface area (Å²) < 4.78 is 13.8. The molecule has 4 nitrogen and oxygen atoms in total. The van der Waals surface area contributed by atoms with Crippen LogP contribution >= 0.6 is 0 Å². The van der Waals surface area contributed by atoms with Crippen LogP contribution in [0.3, 0.4) is 0 Å². The van der Waals surface area contributed by atoms with Gasteiger partial charge in [-0.05, 0) is 36.3 Å². The van der Waals surface area contributed by atoms with Gasteiger partial charge in [-0.2, -0.15) is 0 Å². The van der Waals surface area contributed by atoms with E-state index in [2.05, 4.69) is 19.2 Å². The molecule has 0 amide bonds. The first-order valence-corrected chi connectivity index (χ1v) is 6.42. The number of nitrogens with one attached hydrogen (secondary N) is 1. The summed E-state index contributed by atoms with van der Waals surface area (Å²) in [5, 5.41) is 12.0. The fraction of sp³-hybridized carbons (Fsp3) is 0.500. The quantitative estimate of drug-likeness (QED) is 0.716. The van der Waals surface area contributed by atoms with E-state index in [0.29, 0.717) is 12.5 Å². The van der Waals surface area contributed by atoms with Crippen LogP contribution in [-0.4, -0.2) is 17.6 Å². The van der Waals surface area contributed by atoms with E-state index in [1.807, 2.05) is 0 Å². The van der Waals surface area contributed by atoms with E-state index in [1.165, 1.54) is 6.07 Å². The lowest BCUT2D eigenvalue weighted by molar-refractivity contribution is 0.0698. The molecule has 1 aromatic rings. The third kappa shape index (κ3) is 2.64. The number of halogens is 1. The molecule has 4 N–H and O–H groups in total. The summed E-state index contributed by atoms with van der Waals surface area (Å²) in [5.74, 6) is -1.14. The first kappa shape index (κ1) is 13.6. The van der Waals surface area contributed by atoms with Crippen molar-refractivity contribution < 1.29 is 14.3 Å². The molecule has 1 aliphatic rings. The summed E-state index contributed by atoms with van der Waals surface area (Å²) >= 11 is 0. The van der Waals surface area contributed by atoms with E-state index in [9.17, 15) is 9.18 Å². The van der Waals surface area contributed by atoms with Gasteiger partial charge in [-0.3, -0.25) is 0 Å². The number of nitrogen functional groups attached to an aromatic ring is 1. The summed E-state index contributed by atoms with van der Waals surface area (Å²) in [6.07, 6.45) is 2.25. The maximum atomic E-state index is 13.8. The smallest absolute Gasteiger partial charge is 0.337 e. The Morgan fingerprint density at radius 2 is 2.16 bits per heavy atom. The van der Waals surface area contributed by atoms with Gasteiger partial charge in [0.25, 0.3) is 0 Å². The highest BCUT2D eigenvalue weighted by atomic mass is 19.1. The van der Waals surface area contributed by atoms with Gasteiger partial charge >= 0.3 is 5.97 Å². The molecule has 0 heterocycles. The summed E-state index contributed by atoms with van der Waals surface area (Å²) in [7, 11) is 0. The monoisotopic (exact) mass is 266 g/mol. The van der Waals surface area contributed by atoms with E-state index in [-0.39, 0.29) is 22.4 Å². The highest BCUT2D eigenvalue weighted by molar-refractivity contribution is 5.94. The number of rotatable bonds is 5. The first-order valence-electron chi connectivity index (χ1n) is 6.42. The van der Waals surface area contributed by atoms with E-state index < -0.39 is 11.8 Å². The normalized spacial score (nSPS) is 16.4. The Labute approximate surface area is 111 Å². The molecular weight excluding hydrogens is 247 g/mol. The zero-order valence-corrected chi connectivity index (χ0v) is 11.2. The van der Waals surface area contributed by atoms with E-state index in [4.69, 9.17) is 10.8 Å². The Morgan fingerprint density at radius 3 is 2.63 bits per heavy atom. The molecule has 1 saturated carbocycles. The number of aromatic carboxylic acids is 1. The molecule has 0 spiro atoms. The van der Waals surface area contributed by atoms with Crippen molar-refractivity contribution >= 4 is 17.3 Å². The standard InChI is InChI=1S/C14H19FN2O2/c1-8(2)14(3-4-14)7-17-12-5-9(13(18)19)11(16)6-10(12)15/h5-6,8,17H,3-4,7,16H2,1-2H3,(H,18,19). The molecule has 1 aliphatic carbocycles. The first-order chi connectivity index (χ1) is 8.85. The van der Waals surface area contributed by atoms with Gasteiger partial charge in [0.05, 0.1) is 11.3 Å². The molecule has 5 heteroatoms. The molecule has 0 aromatic heterocycles. The summed E-state index contributed by atoms with van der Waals surface area (Å²) in [5.41, 5.74) is 5.79. The van der Waals surface area contributed by atoms with Crippen LogP contribution in [0.15, 0.2) is 12.1 Å². The molecule has 0 atom stereocenters. The third-order valence-electron chi connectivity index (χ3n) is 4.12. The largest absolute Gasteiger partial charge is 0.478 e. The van der Waals surface area contributed by atoms with Crippen molar-refractivity contribution in [2.75, 3.05) is 17.6 Å². The number of benzene rings is 1. The molecule has 1 fully saturated rings. The number of hydrogen-bond acceptors (Lipinski definition) is 3. The van der Waals surface area contributed by atoms with Crippen molar-refractivity contribution in [2.45, 2.75) is 26.7 Å². The van der Waals surface area contributed by atoms with Gasteiger partial charge in [-0.1, -0.05) is 13.8 Å². The number of nitrogens with two attached hydrogens (primary N) is 1. The number of carboxylic acids is 1. The van der Waals surface area contributed by atoms with Crippen LogP contribution in [-0.2, 0) is 0 Å². The number of hydrogen-bond donors (Lipinski definition) is 3. The maximum Gasteiger partial charge on any atom is 0.337 e. The van der Waals surface area contributed by atoms with E-state index >= 15 is 0 Å². The highest BCUT2D eigenvalue weighted by Gasteiger charge is 2.45. The summed E-state index contributed by atoms with van der Waals surface area (Å²) in [4.78, 5) is 11.0. The van der Waals surface area contributed by atoms with E-state index in [0.717, 1.165) is 18.9 Å². The Morgan fingerprint density at radius 1 is 1.53 bits per heavy atom. The van der Waals surface area contributed by atoms with Crippen LogP contribution in [0, 0.1) is 17.2 Å². The SMILES string of the molecule is CC(C)C1(CNc2cc(C(=O)O)c(N)cc2F)CC1. The fourth-order valence-corrected chi connectivity index (χ4v) is 2.30. The van der Waals surface area contributed by atoms with Gasteiger partial charge in [-0.15, -0.1) is 0 Å². The van der Waals surface area contributed by atoms with Crippen molar-refractivity contribution in [1.29, 1.82) is 0 Å². The molecule has 0 radical (unpaired) electrons. The fourth-order valence-electron chi connectivity index (χ4n) is 2.30. The molecule has 0 saturated heterocycles. The van der Waals surface area contributed by atoms with Gasteiger partial charge in [0, 0.05) is 12.2 Å². The topological polar surface area (TPSA) is 75.3 Å². The van der Waals surface area contributed by atoms with Crippen LogP contribution in [0.5, 0.6) is 0 Å². The molecule has 19 heavy (non-hydrogen) atoms. The average molecular weight is 266 g/mol. The third-order valence-corrected chi connectivity index (χ3v) is 4.12. The molecular formula is C14H19FN2O2. The minimum atomic E-state index is -1.15. The average Bonchev–Trinajstić information content (AvgIpc) is 3.08. The van der Waals surface area contributed by atoms with Crippen LogP contribution in [0.25, 0.3) is 0 Å². The lowest BCUT2D eigenvalue weighted by atomic mass is 9.92. The van der Waals surface area contributed by atoms with Crippen LogP contribution in [0.1, 0.15) is 37.0 Å². The predicted molar refractivity (Wildman–Crippen MR) is 72.8 cm³/mol. The number of carbonyl (C=O) groups is 1. The molecule has 0 unspecified atom stereocenters. The lowest BCUT2D eigenvalue weighted by Crippen LogP contribution is -2.21. The van der Waals surface area contributed by atoms with Crippen LogP contribution in [0.2, 0.25) is 0 Å². The van der Waals surface area contributed by atoms with Crippen LogP contribution < -0.4 is 11.1 Å². The van der Waals surface area contributed by atoms with Crippen molar-refractivity contribution in [3.05, 3.63) is 23.5 Å². The Balaban J connectivity index is 2.16. The highest BCUT2D eigenvalue weighted by Crippen LogP contribution is 2.51. The van der Waals surface area contributed by atoms with Gasteiger partial charge in [0.15, 0.2) is 0 Å². The van der Waals surface area contributed by atoms with E-state index in [1.54, 1.807) is 0 Å². The Hall–Kier alpha value is -1.78. The summed E-state index contributed by atoms with van der Waals surface area (Å²) in [6.45, 7) is 4.96. The minimum absolute atomic E-state index is 0.0551. The van der Waals surface area contributed by atoms with Gasteiger partial charge in [0.1, 0.15) is 5.82 Å². The van der Waals surface area contributed by atoms with Gasteiger partial charge < -0.3 is 16.2 Å². The van der Waals surface area contributed by atoms with Crippen LogP contribution in [0.4, 0.5) is 15.8 Å². The maximum absolute atomic E-state index is 13.8. The second kappa shape index (κ2) is 4.72. The van der Waals surface area contributed by atoms with Crippen molar-refractivity contribution in [2.24, 2.45) is 11.3 Å². The molecule has 0 aliphatic heterocycles. The van der Waals surface area contributed by atoms with Crippen molar-refractivity contribution in [3.63, 3.8) is 0 Å². The second-order valence-electron chi connectivity index (χ2n) is 5.60. The second-order valence-corrected chi connectivity index (χ2v) is 5.60. The zero-order chi connectivity index (χ0) is 14.2. The van der Waals surface area contributed by atoms with Gasteiger partial charge in [-0.25, -0.2) is 9.18 Å². The number of carboxylic acid groups (broad SMARTS) is 1. The van der Waals surface area contributed by atoms with Crippen molar-refractivity contribution in [1.82, 2.24) is 0 Å². The molecule has 1 aromatic carbocycles. The molecule has 2 rings (SSSR count). The minimum Gasteiger partial charge on any atom is -0.478 e. The zero-order valence-electron chi connectivity index (χ0n) is 11.2. The molecule has 104 valence electrons. The number of anilines is 2. The Kier molecular flexibility index (Phi) is 3.39. The molecule has 0 bridgehead atoms. The Bertz CT molecular complexity index is 510. The predicted octanol–water partition coefficient (Wildman–Crippen LogP) is 2.95. The van der Waals surface area contributed by atoms with Crippen molar-refractivity contribution in [3.8, 4) is 0 Å². The summed E-state index contributed by atoms with van der Waals surface area (Å²) in [6, 6.07) is 2.32. The lowest BCUT2D eigenvalue weighted by Gasteiger charge is -2.21. The van der Waals surface area contributed by atoms with Gasteiger partial charge in [0.2, 0.25) is 0 Å².